The second kappa shape index (κ2) is 46.2. The summed E-state index contributed by atoms with van der Waals surface area (Å²) in [5.41, 5.74) is 8.29. The van der Waals surface area contributed by atoms with Crippen LogP contribution in [0.25, 0.3) is 0 Å². The molecule has 0 aromatic heterocycles. The number of ether oxygens (including phenoxy) is 16. The summed E-state index contributed by atoms with van der Waals surface area (Å²) in [6, 6.07) is 42.2. The molecule has 32 heteroatoms. The van der Waals surface area contributed by atoms with Crippen LogP contribution in [0.4, 0.5) is 0 Å². The molecule has 28 nitrogen and oxygen atoms in total. The molecule has 0 atom stereocenters. The maximum Gasteiger partial charge on any atom is 0.297 e. The van der Waals surface area contributed by atoms with Crippen LogP contribution in [0.15, 0.2) is 165 Å². The number of hydrogen-bond donors (Lipinski definition) is 0. The molecule has 0 N–H and O–H groups in total. The van der Waals surface area contributed by atoms with Crippen molar-refractivity contribution in [2.75, 3.05) is 211 Å². The lowest BCUT2D eigenvalue weighted by Gasteiger charge is -2.54. The van der Waals surface area contributed by atoms with E-state index < -0.39 is 51.3 Å². The van der Waals surface area contributed by atoms with Gasteiger partial charge in [0.1, 0.15) is 26.4 Å². The third kappa shape index (κ3) is 27.2. The standard InChI is InChI=1S/C82H106O28S4/c1-63-11-19-67(20-12-63)111(83,84)107-55-47-99-39-31-91-27-35-95-43-51-103-77-59-73-74(60-78(77)104-52-44-96-36-28-92-32-40-100-48-56-108-112(85,86)68-21-13-64(2)14-22-68)82(6)72-10-8-7-9-71(72)81(73,5)75-61-79(105-53-45-97-37-29-93-33-41-101-49-57-109-113(87,88)69-23-15-65(3)16-24-69)80(62-76(75)82)106-54-46-98-38-30-94-34-42-102-50-58-110-114(89,90)70-25-17-66(4)18-26-70/h7-26,59-62H,27-58H2,1-6H3. The van der Waals surface area contributed by atoms with Crippen LogP contribution in [0.3, 0.4) is 0 Å². The SMILES string of the molecule is Cc1ccc(S(=O)(=O)OCCOCCOCCOCCOc2cc3c(cc2OCCOCCOCCOCCOS(=O)(=O)c2ccc(C)cc2)C2(C)c4ccccc4C3(C)c3cc(OCCOCCOCCOCCOS(=O)(=O)c4ccc(C)cc4)c(OCCOCCOCCOCCOS(=O)(=O)c4ccc(C)cc4)cc32)cc1. The van der Waals surface area contributed by atoms with E-state index in [9.17, 15) is 33.7 Å². The average molecular weight is 1670 g/mol. The molecule has 0 spiro atoms. The topological polar surface area (TPSA) is 321 Å². The van der Waals surface area contributed by atoms with Gasteiger partial charge in [-0.3, -0.25) is 16.7 Å². The van der Waals surface area contributed by atoms with Crippen molar-refractivity contribution in [1.82, 2.24) is 0 Å². The van der Waals surface area contributed by atoms with E-state index >= 15 is 0 Å². The molecule has 0 heterocycles. The normalized spacial score (nSPS) is 15.2. The van der Waals surface area contributed by atoms with Crippen molar-refractivity contribution in [2.24, 2.45) is 0 Å². The molecular formula is C82H106O28S4. The van der Waals surface area contributed by atoms with Gasteiger partial charge in [0.05, 0.1) is 205 Å². The number of hydrogen-bond acceptors (Lipinski definition) is 28. The van der Waals surface area contributed by atoms with Crippen molar-refractivity contribution < 1.29 is 126 Å². The zero-order valence-electron chi connectivity index (χ0n) is 65.5. The highest BCUT2D eigenvalue weighted by Gasteiger charge is 2.56. The number of aryl methyl sites for hydroxylation is 4. The van der Waals surface area contributed by atoms with Gasteiger partial charge in [0, 0.05) is 10.8 Å². The fourth-order valence-corrected chi connectivity index (χ4v) is 15.9. The van der Waals surface area contributed by atoms with Crippen molar-refractivity contribution in [3.05, 3.63) is 201 Å². The van der Waals surface area contributed by atoms with Crippen LogP contribution < -0.4 is 18.9 Å². The fraction of sp³-hybridized carbons (Fsp3) is 0.488. The average Bonchev–Trinajstić information content (AvgIpc) is 0.662. The Hall–Kier alpha value is -7.10. The van der Waals surface area contributed by atoms with E-state index in [0.717, 1.165) is 55.6 Å². The van der Waals surface area contributed by atoms with Gasteiger partial charge in [-0.05, 0) is 148 Å². The number of benzene rings is 7. The highest BCUT2D eigenvalue weighted by molar-refractivity contribution is 7.87. The van der Waals surface area contributed by atoms with Crippen LogP contribution in [0.2, 0.25) is 0 Å². The summed E-state index contributed by atoms with van der Waals surface area (Å²) < 4.78 is 216. The van der Waals surface area contributed by atoms with Crippen LogP contribution >= 0.6 is 0 Å². The van der Waals surface area contributed by atoms with Gasteiger partial charge in [-0.25, -0.2) is 0 Å². The van der Waals surface area contributed by atoms with E-state index in [-0.39, 0.29) is 231 Å². The maximum absolute atomic E-state index is 12.5. The lowest BCUT2D eigenvalue weighted by atomic mass is 9.48. The Morgan fingerprint density at radius 3 is 0.544 bits per heavy atom. The fourth-order valence-electron chi connectivity index (χ4n) is 12.4. The lowest BCUT2D eigenvalue weighted by Crippen LogP contribution is -2.48. The lowest BCUT2D eigenvalue weighted by molar-refractivity contribution is 0.00394. The van der Waals surface area contributed by atoms with Crippen LogP contribution in [-0.2, 0) is 125 Å². The second-order valence-electron chi connectivity index (χ2n) is 26.6. The van der Waals surface area contributed by atoms with Crippen molar-refractivity contribution in [2.45, 2.75) is 72.0 Å². The Balaban J connectivity index is 0.808. The minimum Gasteiger partial charge on any atom is -0.487 e. The van der Waals surface area contributed by atoms with Gasteiger partial charge in [-0.1, -0.05) is 95.1 Å². The summed E-state index contributed by atoms with van der Waals surface area (Å²) in [7, 11) is -15.6. The molecule has 3 aliphatic carbocycles. The van der Waals surface area contributed by atoms with Crippen molar-refractivity contribution in [3.8, 4) is 23.0 Å². The largest absolute Gasteiger partial charge is 0.487 e. The summed E-state index contributed by atoms with van der Waals surface area (Å²) in [6.45, 7) is 16.9. The molecule has 0 saturated carbocycles. The van der Waals surface area contributed by atoms with E-state index in [1.165, 1.54) is 48.5 Å². The van der Waals surface area contributed by atoms with Crippen LogP contribution in [0.5, 0.6) is 23.0 Å². The van der Waals surface area contributed by atoms with E-state index in [1.54, 1.807) is 48.5 Å². The van der Waals surface area contributed by atoms with Crippen LogP contribution in [0.1, 0.15) is 69.5 Å². The summed E-state index contributed by atoms with van der Waals surface area (Å²) in [6.07, 6.45) is 0. The smallest absolute Gasteiger partial charge is 0.297 e. The monoisotopic (exact) mass is 1670 g/mol. The summed E-state index contributed by atoms with van der Waals surface area (Å²) in [5.74, 6) is 1.92. The molecule has 0 radical (unpaired) electrons. The molecule has 0 fully saturated rings. The predicted octanol–water partition coefficient (Wildman–Crippen LogP) is 9.59. The summed E-state index contributed by atoms with van der Waals surface area (Å²) in [5, 5.41) is 0. The summed E-state index contributed by atoms with van der Waals surface area (Å²) >= 11 is 0. The first-order valence-corrected chi connectivity index (χ1v) is 43.4. The highest BCUT2D eigenvalue weighted by atomic mass is 32.2. The highest BCUT2D eigenvalue weighted by Crippen LogP contribution is 2.64. The maximum atomic E-state index is 12.5. The van der Waals surface area contributed by atoms with Gasteiger partial charge in [0.2, 0.25) is 0 Å². The molecule has 10 rings (SSSR count). The van der Waals surface area contributed by atoms with Crippen molar-refractivity contribution >= 4 is 40.5 Å². The van der Waals surface area contributed by atoms with Gasteiger partial charge in [0.25, 0.3) is 40.5 Å². The zero-order valence-corrected chi connectivity index (χ0v) is 68.8. The molecule has 0 unspecified atom stereocenters. The van der Waals surface area contributed by atoms with E-state index in [2.05, 4.69) is 26.0 Å². The first-order valence-electron chi connectivity index (χ1n) is 37.8. The van der Waals surface area contributed by atoms with Crippen LogP contribution in [0, 0.1) is 27.7 Å². The molecule has 2 bridgehead atoms. The minimum absolute atomic E-state index is 0.0572. The third-order valence-electron chi connectivity index (χ3n) is 18.3. The molecule has 0 aliphatic heterocycles. The first-order chi connectivity index (χ1) is 55.0. The molecule has 0 saturated heterocycles. The van der Waals surface area contributed by atoms with Crippen LogP contribution in [-0.4, -0.2) is 245 Å². The Labute approximate surface area is 670 Å². The molecule has 626 valence electrons. The minimum atomic E-state index is -3.91. The Morgan fingerprint density at radius 1 is 0.211 bits per heavy atom. The van der Waals surface area contributed by atoms with Gasteiger partial charge >= 0.3 is 0 Å². The van der Waals surface area contributed by atoms with E-state index in [0.29, 0.717) is 23.0 Å². The third-order valence-corrected chi connectivity index (χ3v) is 23.7. The van der Waals surface area contributed by atoms with Gasteiger partial charge < -0.3 is 75.8 Å². The van der Waals surface area contributed by atoms with E-state index in [4.69, 9.17) is 92.5 Å². The van der Waals surface area contributed by atoms with E-state index in [1.807, 2.05) is 64.1 Å². The predicted molar refractivity (Wildman–Crippen MR) is 420 cm³/mol. The Kier molecular flexibility index (Phi) is 36.8. The molecular weight excluding hydrogens is 1560 g/mol. The zero-order chi connectivity index (χ0) is 81.1. The summed E-state index contributed by atoms with van der Waals surface area (Å²) in [4.78, 5) is 0.309. The van der Waals surface area contributed by atoms with Gasteiger partial charge in [-0.15, -0.1) is 0 Å². The molecule has 0 amide bonds. The van der Waals surface area contributed by atoms with Crippen molar-refractivity contribution in [3.63, 3.8) is 0 Å². The molecule has 3 aliphatic rings. The van der Waals surface area contributed by atoms with Crippen molar-refractivity contribution in [1.29, 1.82) is 0 Å². The first kappa shape index (κ1) is 90.8. The Morgan fingerprint density at radius 2 is 0.368 bits per heavy atom. The van der Waals surface area contributed by atoms with Gasteiger partial charge in [0.15, 0.2) is 23.0 Å². The molecule has 7 aromatic carbocycles. The Bertz CT molecular complexity index is 3980. The second-order valence-corrected chi connectivity index (χ2v) is 33.0. The molecule has 114 heavy (non-hydrogen) atoms. The molecule has 7 aromatic rings. The quantitative estimate of drug-likeness (QED) is 0.0253. The van der Waals surface area contributed by atoms with Gasteiger partial charge in [-0.2, -0.15) is 33.7 Å². The number of rotatable bonds is 60.